The highest BCUT2D eigenvalue weighted by Gasteiger charge is 2.33. The molecule has 0 aromatic carbocycles. The highest BCUT2D eigenvalue weighted by atomic mass is 16.5. The second-order valence-corrected chi connectivity index (χ2v) is 6.71. The minimum atomic E-state index is 0.230. The Labute approximate surface area is 136 Å². The predicted molar refractivity (Wildman–Crippen MR) is 94.5 cm³/mol. The van der Waals surface area contributed by atoms with Crippen molar-refractivity contribution in [1.29, 1.82) is 0 Å². The quantitative estimate of drug-likeness (QED) is 0.479. The van der Waals surface area contributed by atoms with Crippen molar-refractivity contribution in [3.05, 3.63) is 0 Å². The smallest absolute Gasteiger partial charge is 0.191 e. The SMILES string of the molecule is CCNC(=NCC1(C)COC1)NC(C)CCCN(CC)CC. The van der Waals surface area contributed by atoms with Gasteiger partial charge >= 0.3 is 0 Å². The van der Waals surface area contributed by atoms with E-state index < -0.39 is 0 Å². The van der Waals surface area contributed by atoms with Crippen LogP contribution in [0.3, 0.4) is 0 Å². The van der Waals surface area contributed by atoms with Gasteiger partial charge in [0.25, 0.3) is 0 Å². The molecule has 5 nitrogen and oxygen atoms in total. The molecule has 0 aromatic rings. The Morgan fingerprint density at radius 3 is 2.45 bits per heavy atom. The summed E-state index contributed by atoms with van der Waals surface area (Å²) in [6, 6.07) is 0.443. The number of aliphatic imine (C=N–C) groups is 1. The number of nitrogens with zero attached hydrogens (tertiary/aromatic N) is 2. The molecule has 0 bridgehead atoms. The summed E-state index contributed by atoms with van der Waals surface area (Å²) < 4.78 is 5.29. The molecule has 0 saturated carbocycles. The Morgan fingerprint density at radius 1 is 1.27 bits per heavy atom. The third-order valence-electron chi connectivity index (χ3n) is 4.25. The molecule has 130 valence electrons. The molecule has 2 N–H and O–H groups in total. The highest BCUT2D eigenvalue weighted by molar-refractivity contribution is 5.80. The largest absolute Gasteiger partial charge is 0.380 e. The van der Waals surface area contributed by atoms with Crippen LogP contribution in [0.5, 0.6) is 0 Å². The van der Waals surface area contributed by atoms with Gasteiger partial charge in [0.05, 0.1) is 19.8 Å². The van der Waals surface area contributed by atoms with E-state index in [2.05, 4.69) is 50.2 Å². The normalized spacial score (nSPS) is 18.9. The summed E-state index contributed by atoms with van der Waals surface area (Å²) in [7, 11) is 0. The Hall–Kier alpha value is -0.810. The van der Waals surface area contributed by atoms with Crippen molar-refractivity contribution in [2.75, 3.05) is 45.9 Å². The van der Waals surface area contributed by atoms with Crippen LogP contribution in [0.25, 0.3) is 0 Å². The van der Waals surface area contributed by atoms with Crippen LogP contribution in [0.2, 0.25) is 0 Å². The van der Waals surface area contributed by atoms with Crippen LogP contribution in [0.1, 0.15) is 47.5 Å². The minimum absolute atomic E-state index is 0.230. The van der Waals surface area contributed by atoms with Crippen LogP contribution in [-0.4, -0.2) is 62.8 Å². The van der Waals surface area contributed by atoms with Gasteiger partial charge in [-0.25, -0.2) is 0 Å². The zero-order valence-electron chi connectivity index (χ0n) is 15.2. The van der Waals surface area contributed by atoms with Crippen LogP contribution in [-0.2, 0) is 4.74 Å². The van der Waals surface area contributed by atoms with Gasteiger partial charge < -0.3 is 20.3 Å². The summed E-state index contributed by atoms with van der Waals surface area (Å²) in [5.41, 5.74) is 0.230. The molecule has 0 aromatic heterocycles. The second-order valence-electron chi connectivity index (χ2n) is 6.71. The van der Waals surface area contributed by atoms with Gasteiger partial charge in [0, 0.05) is 18.0 Å². The summed E-state index contributed by atoms with van der Waals surface area (Å²) >= 11 is 0. The molecular formula is C17H36N4O. The summed E-state index contributed by atoms with van der Waals surface area (Å²) in [4.78, 5) is 7.20. The fraction of sp³-hybridized carbons (Fsp3) is 0.941. The van der Waals surface area contributed by atoms with Crippen LogP contribution in [0.4, 0.5) is 0 Å². The van der Waals surface area contributed by atoms with Gasteiger partial charge in [-0.1, -0.05) is 20.8 Å². The van der Waals surface area contributed by atoms with Gasteiger partial charge in [-0.15, -0.1) is 0 Å². The number of rotatable bonds is 10. The first-order chi connectivity index (χ1) is 10.5. The van der Waals surface area contributed by atoms with E-state index in [9.17, 15) is 0 Å². The fourth-order valence-corrected chi connectivity index (χ4v) is 2.60. The zero-order chi connectivity index (χ0) is 16.4. The van der Waals surface area contributed by atoms with E-state index >= 15 is 0 Å². The molecule has 1 fully saturated rings. The summed E-state index contributed by atoms with van der Waals surface area (Å²) in [6.45, 7) is 17.9. The maximum absolute atomic E-state index is 5.29. The molecule has 22 heavy (non-hydrogen) atoms. The Morgan fingerprint density at radius 2 is 1.95 bits per heavy atom. The van der Waals surface area contributed by atoms with Crippen molar-refractivity contribution < 1.29 is 4.74 Å². The molecule has 5 heteroatoms. The first-order valence-electron chi connectivity index (χ1n) is 8.88. The Balaban J connectivity index is 2.33. The molecule has 1 saturated heterocycles. The molecule has 0 spiro atoms. The number of hydrogen-bond donors (Lipinski definition) is 2. The first kappa shape index (κ1) is 19.2. The maximum atomic E-state index is 5.29. The lowest BCUT2D eigenvalue weighted by Gasteiger charge is -2.36. The fourth-order valence-electron chi connectivity index (χ4n) is 2.60. The number of ether oxygens (including phenoxy) is 1. The zero-order valence-corrected chi connectivity index (χ0v) is 15.2. The van der Waals surface area contributed by atoms with Crippen LogP contribution in [0.15, 0.2) is 4.99 Å². The van der Waals surface area contributed by atoms with E-state index in [1.807, 2.05) is 0 Å². The number of hydrogen-bond acceptors (Lipinski definition) is 3. The summed E-state index contributed by atoms with van der Waals surface area (Å²) in [5, 5.41) is 6.87. The third kappa shape index (κ3) is 6.97. The first-order valence-corrected chi connectivity index (χ1v) is 8.88. The maximum Gasteiger partial charge on any atom is 0.191 e. The molecule has 1 rings (SSSR count). The van der Waals surface area contributed by atoms with Crippen LogP contribution < -0.4 is 10.6 Å². The van der Waals surface area contributed by atoms with E-state index in [1.54, 1.807) is 0 Å². The average molecular weight is 313 g/mol. The van der Waals surface area contributed by atoms with Gasteiger partial charge in [0.2, 0.25) is 0 Å². The topological polar surface area (TPSA) is 48.9 Å². The molecule has 1 atom stereocenters. The van der Waals surface area contributed by atoms with Crippen LogP contribution >= 0.6 is 0 Å². The Kier molecular flexibility index (Phi) is 8.79. The lowest BCUT2D eigenvalue weighted by molar-refractivity contribution is -0.0945. The molecular weight excluding hydrogens is 276 g/mol. The van der Waals surface area contributed by atoms with Crippen molar-refractivity contribution in [1.82, 2.24) is 15.5 Å². The summed E-state index contributed by atoms with van der Waals surface area (Å²) in [5.74, 6) is 0.936. The van der Waals surface area contributed by atoms with Gasteiger partial charge in [-0.3, -0.25) is 4.99 Å². The lowest BCUT2D eigenvalue weighted by Crippen LogP contribution is -2.46. The molecule has 1 aliphatic heterocycles. The monoisotopic (exact) mass is 312 g/mol. The van der Waals surface area contributed by atoms with Crippen molar-refractivity contribution in [2.24, 2.45) is 10.4 Å². The van der Waals surface area contributed by atoms with E-state index in [0.29, 0.717) is 6.04 Å². The molecule has 0 radical (unpaired) electrons. The van der Waals surface area contributed by atoms with Gasteiger partial charge in [-0.05, 0) is 46.3 Å². The van der Waals surface area contributed by atoms with E-state index in [-0.39, 0.29) is 5.41 Å². The predicted octanol–water partition coefficient (Wildman–Crippen LogP) is 2.09. The Bertz CT molecular complexity index is 325. The standard InChI is InChI=1S/C17H36N4O/c1-6-18-16(19-12-17(5)13-22-14-17)20-15(4)10-9-11-21(7-2)8-3/h15H,6-14H2,1-5H3,(H2,18,19,20). The highest BCUT2D eigenvalue weighted by Crippen LogP contribution is 2.26. The molecule has 0 amide bonds. The van der Waals surface area contributed by atoms with Crippen molar-refractivity contribution >= 4 is 5.96 Å². The minimum Gasteiger partial charge on any atom is -0.380 e. The van der Waals surface area contributed by atoms with Gasteiger partial charge in [-0.2, -0.15) is 0 Å². The average Bonchev–Trinajstić information content (AvgIpc) is 2.47. The number of nitrogens with one attached hydrogen (secondary N) is 2. The van der Waals surface area contributed by atoms with Crippen molar-refractivity contribution in [3.8, 4) is 0 Å². The van der Waals surface area contributed by atoms with Crippen LogP contribution in [0, 0.1) is 5.41 Å². The van der Waals surface area contributed by atoms with Gasteiger partial charge in [0.15, 0.2) is 5.96 Å². The van der Waals surface area contributed by atoms with E-state index in [4.69, 9.17) is 9.73 Å². The second kappa shape index (κ2) is 10.1. The number of guanidine groups is 1. The van der Waals surface area contributed by atoms with Crippen molar-refractivity contribution in [3.63, 3.8) is 0 Å². The molecule has 1 heterocycles. The van der Waals surface area contributed by atoms with Crippen molar-refractivity contribution in [2.45, 2.75) is 53.5 Å². The molecule has 0 aliphatic carbocycles. The van der Waals surface area contributed by atoms with Gasteiger partial charge in [0.1, 0.15) is 0 Å². The summed E-state index contributed by atoms with van der Waals surface area (Å²) in [6.07, 6.45) is 2.39. The van der Waals surface area contributed by atoms with E-state index in [0.717, 1.165) is 45.4 Å². The lowest BCUT2D eigenvalue weighted by atomic mass is 9.89. The third-order valence-corrected chi connectivity index (χ3v) is 4.25. The molecule has 1 unspecified atom stereocenters. The molecule has 1 aliphatic rings. The van der Waals surface area contributed by atoms with E-state index in [1.165, 1.54) is 19.4 Å².